The Morgan fingerprint density at radius 2 is 1.46 bits per heavy atom. The molecule has 72 valence electrons. The lowest BCUT2D eigenvalue weighted by atomic mass is 10.6. The summed E-state index contributed by atoms with van der Waals surface area (Å²) in [5.41, 5.74) is 5.14. The molecule has 0 saturated carbocycles. The van der Waals surface area contributed by atoms with Gasteiger partial charge in [-0.3, -0.25) is 0 Å². The standard InChI is InChI=1S/C3H4N4.3C2H4/c4-3-1-2-5-7-6-3;3*1-2/h1-2H,(H2,4,5,6);3*1-2H2. The van der Waals surface area contributed by atoms with Crippen LogP contribution in [0.2, 0.25) is 0 Å². The van der Waals surface area contributed by atoms with Gasteiger partial charge in [-0.15, -0.1) is 49.7 Å². The second-order valence-electron chi connectivity index (χ2n) is 1.05. The molecule has 1 aromatic rings. The molecule has 0 amide bonds. The summed E-state index contributed by atoms with van der Waals surface area (Å²) in [4.78, 5) is 0. The third kappa shape index (κ3) is 17.8. The van der Waals surface area contributed by atoms with E-state index in [1.807, 2.05) is 0 Å². The van der Waals surface area contributed by atoms with Gasteiger partial charge >= 0.3 is 0 Å². The molecule has 0 fully saturated rings. The van der Waals surface area contributed by atoms with Crippen molar-refractivity contribution < 1.29 is 0 Å². The van der Waals surface area contributed by atoms with Gasteiger partial charge < -0.3 is 5.73 Å². The molecule has 0 unspecified atom stereocenters. The van der Waals surface area contributed by atoms with Crippen molar-refractivity contribution in [3.63, 3.8) is 0 Å². The van der Waals surface area contributed by atoms with Gasteiger partial charge in [-0.05, 0) is 5.21 Å². The Kier molecular flexibility index (Phi) is 29.8. The van der Waals surface area contributed by atoms with Crippen molar-refractivity contribution in [2.45, 2.75) is 0 Å². The number of aromatic nitrogens is 3. The topological polar surface area (TPSA) is 64.7 Å². The van der Waals surface area contributed by atoms with E-state index in [-0.39, 0.29) is 0 Å². The van der Waals surface area contributed by atoms with Gasteiger partial charge in [0.1, 0.15) is 5.82 Å². The summed E-state index contributed by atoms with van der Waals surface area (Å²) >= 11 is 0. The highest BCUT2D eigenvalue weighted by Gasteiger charge is 1.76. The van der Waals surface area contributed by atoms with Gasteiger partial charge in [-0.2, -0.15) is 0 Å². The number of hydrogen-bond acceptors (Lipinski definition) is 4. The number of hydrogen-bond donors (Lipinski definition) is 1. The smallest absolute Gasteiger partial charge is 0.149 e. The van der Waals surface area contributed by atoms with Crippen LogP contribution in [0, 0.1) is 0 Å². The maximum absolute atomic E-state index is 5.14. The Morgan fingerprint density at radius 3 is 1.62 bits per heavy atom. The SMILES string of the molecule is C=C.C=C.C=C.Nc1ccnnn1. The summed E-state index contributed by atoms with van der Waals surface area (Å²) in [6, 6.07) is 1.58. The molecule has 1 heterocycles. The molecule has 0 aliphatic heterocycles. The van der Waals surface area contributed by atoms with Crippen molar-refractivity contribution >= 4 is 5.82 Å². The highest BCUT2D eigenvalue weighted by Crippen LogP contribution is 1.83. The molecule has 0 aliphatic carbocycles. The number of anilines is 1. The normalized spacial score (nSPS) is 5.54. The molecule has 1 aromatic heterocycles. The summed E-state index contributed by atoms with van der Waals surface area (Å²) in [5, 5.41) is 10.1. The minimum Gasteiger partial charge on any atom is -0.382 e. The van der Waals surface area contributed by atoms with E-state index in [0.717, 1.165) is 0 Å². The minimum absolute atomic E-state index is 0.398. The summed E-state index contributed by atoms with van der Waals surface area (Å²) < 4.78 is 0. The van der Waals surface area contributed by atoms with Crippen LogP contribution in [0.15, 0.2) is 51.7 Å². The monoisotopic (exact) mass is 180 g/mol. The lowest BCUT2D eigenvalue weighted by Crippen LogP contribution is -1.91. The molecule has 4 nitrogen and oxygen atoms in total. The molecule has 0 atom stereocenters. The molecule has 0 bridgehead atoms. The zero-order chi connectivity index (χ0) is 11.1. The fourth-order valence-corrected chi connectivity index (χ4v) is 0.250. The van der Waals surface area contributed by atoms with Crippen molar-refractivity contribution in [3.8, 4) is 0 Å². The average molecular weight is 180 g/mol. The number of rotatable bonds is 0. The Labute approximate surface area is 79.5 Å². The molecule has 0 spiro atoms. The predicted octanol–water partition coefficient (Wildman–Crippen LogP) is 1.86. The average Bonchev–Trinajstić information content (AvgIpc) is 2.28. The Balaban J connectivity index is -0.000000144. The van der Waals surface area contributed by atoms with Crippen LogP contribution < -0.4 is 5.73 Å². The largest absolute Gasteiger partial charge is 0.382 e. The summed E-state index contributed by atoms with van der Waals surface area (Å²) in [6.07, 6.45) is 1.49. The molecule has 4 heteroatoms. The Bertz CT molecular complexity index is 171. The fourth-order valence-electron chi connectivity index (χ4n) is 0.250. The molecule has 0 radical (unpaired) electrons. The van der Waals surface area contributed by atoms with Gasteiger partial charge in [-0.1, -0.05) is 0 Å². The van der Waals surface area contributed by atoms with Crippen LogP contribution >= 0.6 is 0 Å². The second-order valence-corrected chi connectivity index (χ2v) is 1.05. The number of nitrogen functional groups attached to an aromatic ring is 1. The van der Waals surface area contributed by atoms with Crippen molar-refractivity contribution in [2.24, 2.45) is 0 Å². The highest BCUT2D eigenvalue weighted by molar-refractivity contribution is 5.21. The van der Waals surface area contributed by atoms with Gasteiger partial charge in [-0.25, -0.2) is 0 Å². The van der Waals surface area contributed by atoms with Crippen LogP contribution in [0.5, 0.6) is 0 Å². The first-order chi connectivity index (χ1) is 6.39. The van der Waals surface area contributed by atoms with Crippen LogP contribution in [0.1, 0.15) is 0 Å². The minimum atomic E-state index is 0.398. The molecule has 0 aromatic carbocycles. The lowest BCUT2D eigenvalue weighted by molar-refractivity contribution is 0.873. The van der Waals surface area contributed by atoms with Crippen LogP contribution in [0.25, 0.3) is 0 Å². The summed E-state index contributed by atoms with van der Waals surface area (Å²) in [6.45, 7) is 18.0. The predicted molar refractivity (Wildman–Crippen MR) is 58.0 cm³/mol. The van der Waals surface area contributed by atoms with E-state index in [4.69, 9.17) is 5.73 Å². The molecule has 2 N–H and O–H groups in total. The molecular formula is C9H16N4. The highest BCUT2D eigenvalue weighted by atomic mass is 15.3. The quantitative estimate of drug-likeness (QED) is 0.619. The third-order valence-corrected chi connectivity index (χ3v) is 0.524. The first-order valence-corrected chi connectivity index (χ1v) is 3.29. The van der Waals surface area contributed by atoms with E-state index in [1.165, 1.54) is 6.20 Å². The Hall–Kier alpha value is -1.97. The van der Waals surface area contributed by atoms with E-state index in [9.17, 15) is 0 Å². The van der Waals surface area contributed by atoms with E-state index in [0.29, 0.717) is 5.82 Å². The molecule has 1 rings (SSSR count). The zero-order valence-corrected chi connectivity index (χ0v) is 7.82. The third-order valence-electron chi connectivity index (χ3n) is 0.524. The van der Waals surface area contributed by atoms with Crippen molar-refractivity contribution in [2.75, 3.05) is 5.73 Å². The van der Waals surface area contributed by atoms with Gasteiger partial charge in [0.15, 0.2) is 0 Å². The van der Waals surface area contributed by atoms with Crippen molar-refractivity contribution in [1.82, 2.24) is 15.4 Å². The van der Waals surface area contributed by atoms with Crippen LogP contribution in [0.3, 0.4) is 0 Å². The molecule has 13 heavy (non-hydrogen) atoms. The van der Waals surface area contributed by atoms with Gasteiger partial charge in [0.05, 0.1) is 6.20 Å². The lowest BCUT2D eigenvalue weighted by Gasteiger charge is -1.80. The molecule has 0 saturated heterocycles. The molecule has 0 aliphatic rings. The number of nitrogens with two attached hydrogens (primary N) is 1. The second kappa shape index (κ2) is 22.5. The van der Waals surface area contributed by atoms with Crippen LogP contribution in [-0.4, -0.2) is 15.4 Å². The molecular weight excluding hydrogens is 164 g/mol. The van der Waals surface area contributed by atoms with Gasteiger partial charge in [0, 0.05) is 6.07 Å². The van der Waals surface area contributed by atoms with Crippen molar-refractivity contribution in [1.29, 1.82) is 0 Å². The fraction of sp³-hybridized carbons (Fsp3) is 0. The maximum atomic E-state index is 5.14. The van der Waals surface area contributed by atoms with Crippen molar-refractivity contribution in [3.05, 3.63) is 51.7 Å². The first kappa shape index (κ1) is 17.2. The summed E-state index contributed by atoms with van der Waals surface area (Å²) in [5.74, 6) is 0.398. The zero-order valence-electron chi connectivity index (χ0n) is 7.82. The first-order valence-electron chi connectivity index (χ1n) is 3.29. The number of nitrogens with zero attached hydrogens (tertiary/aromatic N) is 3. The maximum Gasteiger partial charge on any atom is 0.149 e. The van der Waals surface area contributed by atoms with Gasteiger partial charge in [0.2, 0.25) is 0 Å². The van der Waals surface area contributed by atoms with Crippen LogP contribution in [0.4, 0.5) is 5.82 Å². The Morgan fingerprint density at radius 1 is 1.00 bits per heavy atom. The van der Waals surface area contributed by atoms with E-state index in [2.05, 4.69) is 54.9 Å². The van der Waals surface area contributed by atoms with Gasteiger partial charge in [0.25, 0.3) is 0 Å². The van der Waals surface area contributed by atoms with E-state index < -0.39 is 0 Å². The van der Waals surface area contributed by atoms with Crippen LogP contribution in [-0.2, 0) is 0 Å². The van der Waals surface area contributed by atoms with E-state index >= 15 is 0 Å². The van der Waals surface area contributed by atoms with E-state index in [1.54, 1.807) is 6.07 Å². The summed E-state index contributed by atoms with van der Waals surface area (Å²) in [7, 11) is 0.